The number of aliphatic hydroxyl groups excluding tert-OH is 3. The SMILES string of the molecule is NC(N)=NCCCC(NC[C@@]1(O)OC[C@@H](O)[C@@H](O)[C@@H]1O)C(=O)O. The van der Waals surface area contributed by atoms with E-state index in [1.165, 1.54) is 0 Å². The van der Waals surface area contributed by atoms with Crippen molar-refractivity contribution >= 4 is 11.9 Å². The van der Waals surface area contributed by atoms with Gasteiger partial charge in [0.05, 0.1) is 13.2 Å². The van der Waals surface area contributed by atoms with E-state index >= 15 is 0 Å². The van der Waals surface area contributed by atoms with E-state index in [9.17, 15) is 25.2 Å². The van der Waals surface area contributed by atoms with Gasteiger partial charge in [0, 0.05) is 6.54 Å². The Kier molecular flexibility index (Phi) is 7.12. The first-order valence-electron chi connectivity index (χ1n) is 7.09. The summed E-state index contributed by atoms with van der Waals surface area (Å²) < 4.78 is 4.93. The lowest BCUT2D eigenvalue weighted by Gasteiger charge is -2.42. The molecule has 0 aromatic carbocycles. The predicted molar refractivity (Wildman–Crippen MR) is 78.3 cm³/mol. The largest absolute Gasteiger partial charge is 0.480 e. The number of aliphatic hydroxyl groups is 4. The number of aliphatic carboxylic acids is 1. The Morgan fingerprint density at radius 1 is 1.39 bits per heavy atom. The van der Waals surface area contributed by atoms with Crippen LogP contribution < -0.4 is 16.8 Å². The van der Waals surface area contributed by atoms with Gasteiger partial charge in [0.1, 0.15) is 24.4 Å². The number of nitrogens with zero attached hydrogens (tertiary/aromatic N) is 1. The number of carboxylic acids is 1. The second-order valence-electron chi connectivity index (χ2n) is 5.38. The standard InChI is InChI=1S/C12H24N4O7/c13-11(14)15-3-1-2-6(10(20)21)16-5-12(22)9(19)8(18)7(17)4-23-12/h6-9,16-19,22H,1-5H2,(H,20,21)(H4,13,14,15)/t6?,7-,8-,9+,12-/m1/s1. The number of carbonyl (C=O) groups is 1. The molecular formula is C12H24N4O7. The molecular weight excluding hydrogens is 312 g/mol. The fourth-order valence-electron chi connectivity index (χ4n) is 2.13. The molecule has 0 spiro atoms. The van der Waals surface area contributed by atoms with Crippen molar-refractivity contribution in [3.8, 4) is 0 Å². The summed E-state index contributed by atoms with van der Waals surface area (Å²) in [7, 11) is 0. The molecule has 1 heterocycles. The maximum absolute atomic E-state index is 11.2. The number of ether oxygens (including phenoxy) is 1. The number of hydrogen-bond donors (Lipinski definition) is 8. The molecule has 0 aromatic rings. The second kappa shape index (κ2) is 8.38. The molecule has 0 bridgehead atoms. The lowest BCUT2D eigenvalue weighted by molar-refractivity contribution is -0.318. The summed E-state index contributed by atoms with van der Waals surface area (Å²) in [6, 6.07) is -1.03. The Balaban J connectivity index is 2.54. The summed E-state index contributed by atoms with van der Waals surface area (Å²) in [5.41, 5.74) is 10.3. The highest BCUT2D eigenvalue weighted by atomic mass is 16.6. The Morgan fingerprint density at radius 2 is 2.04 bits per heavy atom. The highest BCUT2D eigenvalue weighted by molar-refractivity contribution is 5.75. The van der Waals surface area contributed by atoms with Gasteiger partial charge in [-0.25, -0.2) is 0 Å². The summed E-state index contributed by atoms with van der Waals surface area (Å²) in [6.07, 6.45) is -4.16. The minimum absolute atomic E-state index is 0.0922. The first-order valence-corrected chi connectivity index (χ1v) is 7.09. The summed E-state index contributed by atoms with van der Waals surface area (Å²) in [4.78, 5) is 14.9. The first-order chi connectivity index (χ1) is 10.7. The average molecular weight is 336 g/mol. The van der Waals surface area contributed by atoms with Gasteiger partial charge in [0.15, 0.2) is 5.96 Å². The Morgan fingerprint density at radius 3 is 2.61 bits per heavy atom. The number of rotatable bonds is 8. The van der Waals surface area contributed by atoms with Crippen LogP contribution in [0.4, 0.5) is 0 Å². The number of nitrogens with two attached hydrogens (primary N) is 2. The Hall–Kier alpha value is -1.50. The van der Waals surface area contributed by atoms with E-state index in [0.717, 1.165) is 0 Å². The van der Waals surface area contributed by atoms with Gasteiger partial charge < -0.3 is 41.7 Å². The third-order valence-electron chi connectivity index (χ3n) is 3.53. The lowest BCUT2D eigenvalue weighted by Crippen LogP contribution is -2.65. The van der Waals surface area contributed by atoms with Crippen molar-refractivity contribution < 1.29 is 35.1 Å². The van der Waals surface area contributed by atoms with Gasteiger partial charge in [-0.3, -0.25) is 15.1 Å². The monoisotopic (exact) mass is 336 g/mol. The zero-order valence-corrected chi connectivity index (χ0v) is 12.5. The van der Waals surface area contributed by atoms with Crippen molar-refractivity contribution in [2.24, 2.45) is 16.5 Å². The molecule has 10 N–H and O–H groups in total. The topological polar surface area (TPSA) is 204 Å². The molecule has 0 saturated carbocycles. The van der Waals surface area contributed by atoms with E-state index in [1.807, 2.05) is 0 Å². The highest BCUT2D eigenvalue weighted by Crippen LogP contribution is 2.23. The van der Waals surface area contributed by atoms with Crippen molar-refractivity contribution in [3.63, 3.8) is 0 Å². The Bertz CT molecular complexity index is 432. The fourth-order valence-corrected chi connectivity index (χ4v) is 2.13. The number of guanidine groups is 1. The third kappa shape index (κ3) is 5.57. The summed E-state index contributed by atoms with van der Waals surface area (Å²) in [6.45, 7) is -0.585. The molecule has 1 unspecified atom stereocenters. The van der Waals surface area contributed by atoms with Crippen LogP contribution in [-0.4, -0.2) is 87.3 Å². The number of nitrogens with one attached hydrogen (secondary N) is 1. The minimum atomic E-state index is -2.20. The molecule has 0 radical (unpaired) electrons. The fraction of sp³-hybridized carbons (Fsp3) is 0.833. The quantitative estimate of drug-likeness (QED) is 0.122. The van der Waals surface area contributed by atoms with Gasteiger partial charge in [-0.1, -0.05) is 0 Å². The normalized spacial score (nSPS) is 32.3. The summed E-state index contributed by atoms with van der Waals surface area (Å²) in [5.74, 6) is -3.46. The van der Waals surface area contributed by atoms with Crippen LogP contribution in [0.5, 0.6) is 0 Å². The predicted octanol–water partition coefficient (Wildman–Crippen LogP) is -4.12. The maximum Gasteiger partial charge on any atom is 0.320 e. The smallest absolute Gasteiger partial charge is 0.320 e. The van der Waals surface area contributed by atoms with Gasteiger partial charge in [0.2, 0.25) is 5.79 Å². The molecule has 0 aromatic heterocycles. The highest BCUT2D eigenvalue weighted by Gasteiger charge is 2.48. The number of carboxylic acid groups (broad SMARTS) is 1. The van der Waals surface area contributed by atoms with E-state index in [0.29, 0.717) is 6.42 Å². The van der Waals surface area contributed by atoms with Crippen LogP contribution in [0.15, 0.2) is 4.99 Å². The van der Waals surface area contributed by atoms with Crippen LogP contribution in [0.3, 0.4) is 0 Å². The zero-order chi connectivity index (χ0) is 17.6. The molecule has 1 saturated heterocycles. The molecule has 1 fully saturated rings. The van der Waals surface area contributed by atoms with Crippen LogP contribution in [0.25, 0.3) is 0 Å². The summed E-state index contributed by atoms with van der Waals surface area (Å²) >= 11 is 0. The second-order valence-corrected chi connectivity index (χ2v) is 5.38. The maximum atomic E-state index is 11.2. The molecule has 11 nitrogen and oxygen atoms in total. The van der Waals surface area contributed by atoms with Crippen molar-refractivity contribution in [3.05, 3.63) is 0 Å². The van der Waals surface area contributed by atoms with Crippen LogP contribution in [0, 0.1) is 0 Å². The van der Waals surface area contributed by atoms with Crippen LogP contribution >= 0.6 is 0 Å². The number of hydrogen-bond acceptors (Lipinski definition) is 8. The molecule has 11 heteroatoms. The molecule has 5 atom stereocenters. The van der Waals surface area contributed by atoms with Gasteiger partial charge in [-0.05, 0) is 12.8 Å². The summed E-state index contributed by atoms with van der Waals surface area (Å²) in [5, 5.41) is 50.5. The minimum Gasteiger partial charge on any atom is -0.480 e. The van der Waals surface area contributed by atoms with E-state index in [-0.39, 0.29) is 18.9 Å². The molecule has 23 heavy (non-hydrogen) atoms. The average Bonchev–Trinajstić information content (AvgIpc) is 2.48. The van der Waals surface area contributed by atoms with Crippen molar-refractivity contribution in [1.29, 1.82) is 0 Å². The lowest BCUT2D eigenvalue weighted by atomic mass is 9.96. The molecule has 1 aliphatic rings. The van der Waals surface area contributed by atoms with Gasteiger partial charge >= 0.3 is 5.97 Å². The van der Waals surface area contributed by atoms with E-state index in [1.54, 1.807) is 0 Å². The molecule has 1 rings (SSSR count). The van der Waals surface area contributed by atoms with Gasteiger partial charge in [-0.15, -0.1) is 0 Å². The Labute approximate surface area is 132 Å². The van der Waals surface area contributed by atoms with Crippen LogP contribution in [0.1, 0.15) is 12.8 Å². The van der Waals surface area contributed by atoms with E-state index in [4.69, 9.17) is 21.3 Å². The molecule has 134 valence electrons. The zero-order valence-electron chi connectivity index (χ0n) is 12.5. The van der Waals surface area contributed by atoms with Crippen molar-refractivity contribution in [2.45, 2.75) is 43.0 Å². The molecule has 0 amide bonds. The van der Waals surface area contributed by atoms with Crippen LogP contribution in [-0.2, 0) is 9.53 Å². The van der Waals surface area contributed by atoms with Gasteiger partial charge in [-0.2, -0.15) is 0 Å². The molecule has 0 aliphatic carbocycles. The van der Waals surface area contributed by atoms with E-state index < -0.39 is 49.3 Å². The van der Waals surface area contributed by atoms with Crippen LogP contribution in [0.2, 0.25) is 0 Å². The number of aliphatic imine (C=N–C) groups is 1. The third-order valence-corrected chi connectivity index (χ3v) is 3.53. The van der Waals surface area contributed by atoms with Crippen molar-refractivity contribution in [2.75, 3.05) is 19.7 Å². The van der Waals surface area contributed by atoms with E-state index in [2.05, 4.69) is 10.3 Å². The molecule has 1 aliphatic heterocycles. The first kappa shape index (κ1) is 19.5. The van der Waals surface area contributed by atoms with Gasteiger partial charge in [0.25, 0.3) is 0 Å². The van der Waals surface area contributed by atoms with Crippen molar-refractivity contribution in [1.82, 2.24) is 5.32 Å².